The Kier molecular flexibility index (Phi) is 14.2. The van der Waals surface area contributed by atoms with Crippen molar-refractivity contribution >= 4 is 51.1 Å². The first-order valence-corrected chi connectivity index (χ1v) is 14.0. The molecule has 13 nitrogen and oxygen atoms in total. The molecule has 1 saturated heterocycles. The van der Waals surface area contributed by atoms with Crippen LogP contribution >= 0.6 is 11.3 Å². The molecule has 4 rings (SSSR count). The molecule has 1 aliphatic rings. The van der Waals surface area contributed by atoms with E-state index in [1.165, 1.54) is 10.3 Å². The molecule has 0 radical (unpaired) electrons. The standard InChI is InChI=1S/C24H32N4OS.2C2H2O4/c1-3-29-24-26-22-10-9-21(17-23(22)30-24)25-19(2)18-28-15-13-27(14-16-28)12-11-20-7-5-4-6-8-20;2*3-1(4)2(5)6/h4-10,17,19,25H,3,11-16,18H2,1-2H3;2*(H,3,4)(H,5,6). The molecule has 42 heavy (non-hydrogen) atoms. The molecular formula is C28H36N4O9S. The fraction of sp³-hybridized carbons (Fsp3) is 0.393. The van der Waals surface area contributed by atoms with Crippen LogP contribution in [0.2, 0.25) is 0 Å². The van der Waals surface area contributed by atoms with Crippen molar-refractivity contribution in [2.24, 2.45) is 0 Å². The Balaban J connectivity index is 0.000000434. The molecule has 1 aromatic heterocycles. The highest BCUT2D eigenvalue weighted by Gasteiger charge is 2.18. The summed E-state index contributed by atoms with van der Waals surface area (Å²) in [6.45, 7) is 11.7. The number of anilines is 1. The lowest BCUT2D eigenvalue weighted by Gasteiger charge is -2.36. The van der Waals surface area contributed by atoms with Crippen LogP contribution < -0.4 is 10.1 Å². The van der Waals surface area contributed by atoms with Crippen LogP contribution in [0.3, 0.4) is 0 Å². The van der Waals surface area contributed by atoms with E-state index in [2.05, 4.69) is 75.6 Å². The summed E-state index contributed by atoms with van der Waals surface area (Å²) in [5, 5.41) is 34.0. The summed E-state index contributed by atoms with van der Waals surface area (Å²) in [7, 11) is 0. The normalized spacial score (nSPS) is 14.0. The monoisotopic (exact) mass is 604 g/mol. The molecule has 0 saturated carbocycles. The van der Waals surface area contributed by atoms with Crippen molar-refractivity contribution in [2.75, 3.05) is 51.2 Å². The molecule has 1 fully saturated rings. The van der Waals surface area contributed by atoms with Gasteiger partial charge in [-0.1, -0.05) is 41.7 Å². The summed E-state index contributed by atoms with van der Waals surface area (Å²) >= 11 is 1.61. The average molecular weight is 605 g/mol. The topological polar surface area (TPSA) is 190 Å². The molecule has 0 spiro atoms. The predicted molar refractivity (Wildman–Crippen MR) is 157 cm³/mol. The summed E-state index contributed by atoms with van der Waals surface area (Å²) in [6.07, 6.45) is 1.14. The van der Waals surface area contributed by atoms with Crippen molar-refractivity contribution < 1.29 is 44.3 Å². The van der Waals surface area contributed by atoms with Crippen LogP contribution in [0, 0.1) is 0 Å². The Bertz CT molecular complexity index is 1260. The van der Waals surface area contributed by atoms with Crippen molar-refractivity contribution in [3.63, 3.8) is 0 Å². The van der Waals surface area contributed by atoms with E-state index in [-0.39, 0.29) is 0 Å². The minimum atomic E-state index is -1.82. The first-order chi connectivity index (χ1) is 20.0. The van der Waals surface area contributed by atoms with E-state index in [4.69, 9.17) is 44.3 Å². The molecule has 2 aromatic carbocycles. The molecule has 1 atom stereocenters. The fourth-order valence-electron chi connectivity index (χ4n) is 4.02. The van der Waals surface area contributed by atoms with Crippen molar-refractivity contribution in [1.29, 1.82) is 0 Å². The van der Waals surface area contributed by atoms with Gasteiger partial charge in [-0.15, -0.1) is 0 Å². The zero-order valence-corrected chi connectivity index (χ0v) is 24.2. The number of thiazole rings is 1. The van der Waals surface area contributed by atoms with Gasteiger partial charge >= 0.3 is 23.9 Å². The number of hydrogen-bond donors (Lipinski definition) is 5. The maximum atomic E-state index is 9.10. The van der Waals surface area contributed by atoms with E-state index in [0.717, 1.165) is 62.1 Å². The number of carboxylic acid groups (broad SMARTS) is 4. The first kappa shape index (κ1) is 33.9. The van der Waals surface area contributed by atoms with E-state index in [1.807, 2.05) is 6.92 Å². The van der Waals surface area contributed by atoms with Crippen molar-refractivity contribution in [3.05, 3.63) is 54.1 Å². The van der Waals surface area contributed by atoms with Crippen molar-refractivity contribution in [2.45, 2.75) is 26.3 Å². The smallest absolute Gasteiger partial charge is 0.414 e. The summed E-state index contributed by atoms with van der Waals surface area (Å²) in [5.74, 6) is -7.30. The van der Waals surface area contributed by atoms with Crippen LogP contribution in [0.15, 0.2) is 48.5 Å². The first-order valence-electron chi connectivity index (χ1n) is 13.2. The molecule has 5 N–H and O–H groups in total. The van der Waals surface area contributed by atoms with Gasteiger partial charge in [0.1, 0.15) is 0 Å². The number of hydrogen-bond acceptors (Lipinski definition) is 10. The van der Waals surface area contributed by atoms with E-state index in [0.29, 0.717) is 12.6 Å². The van der Waals surface area contributed by atoms with Gasteiger partial charge in [0.25, 0.3) is 5.19 Å². The lowest BCUT2D eigenvalue weighted by Crippen LogP contribution is -2.49. The van der Waals surface area contributed by atoms with Crippen LogP contribution in [0.5, 0.6) is 5.19 Å². The second-order valence-electron chi connectivity index (χ2n) is 9.24. The number of benzene rings is 2. The number of nitrogens with zero attached hydrogens (tertiary/aromatic N) is 3. The van der Waals surface area contributed by atoms with Gasteiger partial charge in [0.05, 0.1) is 16.8 Å². The number of aliphatic carboxylic acids is 4. The Hall–Kier alpha value is -4.27. The second kappa shape index (κ2) is 17.5. The summed E-state index contributed by atoms with van der Waals surface area (Å²) in [4.78, 5) is 46.1. The van der Waals surface area contributed by atoms with Crippen LogP contribution in [-0.2, 0) is 25.6 Å². The van der Waals surface area contributed by atoms with Gasteiger partial charge in [0.15, 0.2) is 0 Å². The largest absolute Gasteiger partial charge is 0.473 e. The Labute approximate surface area is 247 Å². The van der Waals surface area contributed by atoms with Crippen molar-refractivity contribution in [3.8, 4) is 5.19 Å². The van der Waals surface area contributed by atoms with Crippen molar-refractivity contribution in [1.82, 2.24) is 14.8 Å². The molecule has 0 aliphatic carbocycles. The quantitative estimate of drug-likeness (QED) is 0.224. The van der Waals surface area contributed by atoms with Gasteiger partial charge in [-0.2, -0.15) is 0 Å². The van der Waals surface area contributed by atoms with E-state index >= 15 is 0 Å². The number of carboxylic acids is 4. The predicted octanol–water partition coefficient (Wildman–Crippen LogP) is 2.67. The average Bonchev–Trinajstić information content (AvgIpc) is 3.35. The van der Waals surface area contributed by atoms with Gasteiger partial charge in [-0.3, -0.25) is 4.90 Å². The van der Waals surface area contributed by atoms with Gasteiger partial charge in [-0.05, 0) is 44.0 Å². The molecular weight excluding hydrogens is 568 g/mol. The van der Waals surface area contributed by atoms with Crippen LogP contribution in [0.25, 0.3) is 10.2 Å². The molecule has 1 unspecified atom stereocenters. The highest BCUT2D eigenvalue weighted by Crippen LogP contribution is 2.30. The van der Waals surface area contributed by atoms with Crippen LogP contribution in [-0.4, -0.2) is 111 Å². The van der Waals surface area contributed by atoms with Crippen LogP contribution in [0.1, 0.15) is 19.4 Å². The number of ether oxygens (including phenoxy) is 1. The number of nitrogens with one attached hydrogen (secondary N) is 1. The lowest BCUT2D eigenvalue weighted by molar-refractivity contribution is -0.159. The molecule has 1 aliphatic heterocycles. The third kappa shape index (κ3) is 12.5. The molecule has 0 bridgehead atoms. The van der Waals surface area contributed by atoms with E-state index in [1.54, 1.807) is 11.3 Å². The number of aromatic nitrogens is 1. The maximum Gasteiger partial charge on any atom is 0.414 e. The number of carbonyl (C=O) groups is 4. The zero-order valence-electron chi connectivity index (χ0n) is 23.4. The third-order valence-corrected chi connectivity index (χ3v) is 6.90. The van der Waals surface area contributed by atoms with Gasteiger partial charge in [0.2, 0.25) is 0 Å². The number of fused-ring (bicyclic) bond motifs is 1. The Morgan fingerprint density at radius 3 is 2.02 bits per heavy atom. The number of rotatable bonds is 9. The van der Waals surface area contributed by atoms with E-state index < -0.39 is 23.9 Å². The second-order valence-corrected chi connectivity index (χ2v) is 10.2. The molecule has 14 heteroatoms. The lowest BCUT2D eigenvalue weighted by atomic mass is 10.1. The molecule has 228 valence electrons. The minimum absolute atomic E-state index is 0.401. The highest BCUT2D eigenvalue weighted by molar-refractivity contribution is 7.20. The SMILES string of the molecule is CCOc1nc2ccc(NC(C)CN3CCN(CCc4ccccc4)CC3)cc2s1.O=C(O)C(=O)O.O=C(O)C(=O)O. The summed E-state index contributed by atoms with van der Waals surface area (Å²) in [5.41, 5.74) is 3.60. The van der Waals surface area contributed by atoms with Crippen LogP contribution in [0.4, 0.5) is 5.69 Å². The number of piperazine rings is 1. The van der Waals surface area contributed by atoms with Gasteiger partial charge < -0.3 is 35.4 Å². The fourth-order valence-corrected chi connectivity index (χ4v) is 4.94. The maximum absolute atomic E-state index is 9.10. The summed E-state index contributed by atoms with van der Waals surface area (Å²) < 4.78 is 6.71. The third-order valence-electron chi connectivity index (χ3n) is 5.97. The summed E-state index contributed by atoms with van der Waals surface area (Å²) in [6, 6.07) is 17.6. The Morgan fingerprint density at radius 2 is 1.48 bits per heavy atom. The molecule has 2 heterocycles. The minimum Gasteiger partial charge on any atom is -0.473 e. The zero-order chi connectivity index (χ0) is 31.1. The Morgan fingerprint density at radius 1 is 0.905 bits per heavy atom. The molecule has 3 aromatic rings. The van der Waals surface area contributed by atoms with E-state index in [9.17, 15) is 0 Å². The highest BCUT2D eigenvalue weighted by atomic mass is 32.1. The molecule has 0 amide bonds. The van der Waals surface area contributed by atoms with Gasteiger partial charge in [-0.25, -0.2) is 24.2 Å². The van der Waals surface area contributed by atoms with Gasteiger partial charge in [0, 0.05) is 51.0 Å².